The van der Waals surface area contributed by atoms with Crippen LogP contribution in [-0.2, 0) is 6.42 Å². The summed E-state index contributed by atoms with van der Waals surface area (Å²) in [5.74, 6) is -0.969. The molecule has 0 aliphatic rings. The van der Waals surface area contributed by atoms with Crippen LogP contribution in [0.1, 0.15) is 23.1 Å². The number of nitrogens with zero attached hydrogens (tertiary/aromatic N) is 2. The van der Waals surface area contributed by atoms with E-state index in [1.807, 2.05) is 6.92 Å². The minimum atomic E-state index is -0.969. The summed E-state index contributed by atoms with van der Waals surface area (Å²) in [5.41, 5.74) is 0.811. The number of thiazole rings is 1. The first-order valence-corrected chi connectivity index (χ1v) is 5.22. The largest absolute Gasteiger partial charge is 0.477 e. The molecule has 0 aliphatic carbocycles. The molecule has 2 aromatic heterocycles. The van der Waals surface area contributed by atoms with Crippen molar-refractivity contribution in [2.45, 2.75) is 13.3 Å². The van der Waals surface area contributed by atoms with Gasteiger partial charge in [-0.25, -0.2) is 9.78 Å². The monoisotopic (exact) mass is 230 g/mol. The fourth-order valence-electron chi connectivity index (χ4n) is 1.34. The van der Waals surface area contributed by atoms with Crippen molar-refractivity contribution in [3.8, 4) is 0 Å². The van der Waals surface area contributed by atoms with Gasteiger partial charge in [0.1, 0.15) is 4.34 Å². The molecule has 4 nitrogen and oxygen atoms in total. The highest BCUT2D eigenvalue weighted by Gasteiger charge is 2.18. The Kier molecular flexibility index (Phi) is 2.20. The van der Waals surface area contributed by atoms with Crippen LogP contribution < -0.4 is 0 Å². The van der Waals surface area contributed by atoms with Gasteiger partial charge in [-0.3, -0.25) is 4.40 Å². The minimum absolute atomic E-state index is 0.214. The zero-order chi connectivity index (χ0) is 10.3. The van der Waals surface area contributed by atoms with Crippen LogP contribution in [0.2, 0.25) is 4.34 Å². The molecule has 0 spiro atoms. The quantitative estimate of drug-likeness (QED) is 0.862. The molecular weight excluding hydrogens is 224 g/mol. The molecule has 2 rings (SSSR count). The van der Waals surface area contributed by atoms with Gasteiger partial charge in [-0.05, 0) is 6.42 Å². The Morgan fingerprint density at radius 3 is 3.07 bits per heavy atom. The first-order valence-electron chi connectivity index (χ1n) is 4.03. The maximum Gasteiger partial charge on any atom is 0.354 e. The van der Waals surface area contributed by atoms with Crippen LogP contribution in [0.25, 0.3) is 4.96 Å². The first kappa shape index (κ1) is 9.48. The van der Waals surface area contributed by atoms with E-state index in [4.69, 9.17) is 16.7 Å². The summed E-state index contributed by atoms with van der Waals surface area (Å²) in [6.07, 6.45) is 2.19. The van der Waals surface area contributed by atoms with Crippen molar-refractivity contribution in [3.63, 3.8) is 0 Å². The van der Waals surface area contributed by atoms with Crippen LogP contribution in [0.15, 0.2) is 6.20 Å². The van der Waals surface area contributed by atoms with Gasteiger partial charge < -0.3 is 5.11 Å². The lowest BCUT2D eigenvalue weighted by Crippen LogP contribution is -2.03. The number of rotatable bonds is 2. The van der Waals surface area contributed by atoms with Gasteiger partial charge in [0.05, 0.1) is 5.69 Å². The van der Waals surface area contributed by atoms with E-state index in [0.717, 1.165) is 0 Å². The van der Waals surface area contributed by atoms with E-state index < -0.39 is 5.97 Å². The molecule has 2 heterocycles. The zero-order valence-corrected chi connectivity index (χ0v) is 8.89. The molecule has 0 amide bonds. The van der Waals surface area contributed by atoms with Crippen LogP contribution in [0.4, 0.5) is 0 Å². The molecule has 74 valence electrons. The lowest BCUT2D eigenvalue weighted by Gasteiger charge is -1.93. The predicted octanol–water partition coefficient (Wildman–Crippen LogP) is 2.31. The number of hydrogen-bond donors (Lipinski definition) is 1. The van der Waals surface area contributed by atoms with Crippen molar-refractivity contribution in [2.75, 3.05) is 0 Å². The third kappa shape index (κ3) is 1.29. The molecule has 0 fully saturated rings. The third-order valence-electron chi connectivity index (χ3n) is 1.91. The maximum atomic E-state index is 11.0. The predicted molar refractivity (Wildman–Crippen MR) is 54.4 cm³/mol. The first-order chi connectivity index (χ1) is 6.63. The van der Waals surface area contributed by atoms with E-state index in [0.29, 0.717) is 21.4 Å². The van der Waals surface area contributed by atoms with E-state index in [9.17, 15) is 4.79 Å². The van der Waals surface area contributed by atoms with Gasteiger partial charge >= 0.3 is 5.97 Å². The van der Waals surface area contributed by atoms with E-state index in [-0.39, 0.29) is 5.69 Å². The number of aromatic nitrogens is 2. The van der Waals surface area contributed by atoms with Crippen molar-refractivity contribution in [2.24, 2.45) is 0 Å². The molecule has 2 aromatic rings. The van der Waals surface area contributed by atoms with Gasteiger partial charge in [-0.15, -0.1) is 0 Å². The molecule has 0 bridgehead atoms. The van der Waals surface area contributed by atoms with Crippen molar-refractivity contribution in [1.82, 2.24) is 9.38 Å². The standard InChI is InChI=1S/C8H7ClN2O2S/c1-2-4-6(7(12)13)11-3-5(9)14-8(11)10-4/h3H,2H2,1H3,(H,12,13). The lowest BCUT2D eigenvalue weighted by atomic mass is 10.3. The van der Waals surface area contributed by atoms with Gasteiger partial charge in [0.2, 0.25) is 0 Å². The van der Waals surface area contributed by atoms with Gasteiger partial charge in [0.15, 0.2) is 10.7 Å². The minimum Gasteiger partial charge on any atom is -0.477 e. The molecule has 0 saturated carbocycles. The van der Waals surface area contributed by atoms with Crippen molar-refractivity contribution in [3.05, 3.63) is 21.9 Å². The smallest absolute Gasteiger partial charge is 0.354 e. The summed E-state index contributed by atoms with van der Waals surface area (Å²) >= 11 is 7.04. The number of imidazole rings is 1. The summed E-state index contributed by atoms with van der Waals surface area (Å²) in [6, 6.07) is 0. The van der Waals surface area contributed by atoms with Gasteiger partial charge in [-0.2, -0.15) is 0 Å². The Bertz CT molecular complexity index is 503. The number of halogens is 1. The summed E-state index contributed by atoms with van der Waals surface area (Å²) in [4.78, 5) is 15.8. The lowest BCUT2D eigenvalue weighted by molar-refractivity contribution is 0.0688. The molecule has 0 aliphatic heterocycles. The van der Waals surface area contributed by atoms with Gasteiger partial charge in [-0.1, -0.05) is 29.9 Å². The molecule has 14 heavy (non-hydrogen) atoms. The fraction of sp³-hybridized carbons (Fsp3) is 0.250. The number of hydrogen-bond acceptors (Lipinski definition) is 3. The second kappa shape index (κ2) is 3.25. The van der Waals surface area contributed by atoms with E-state index in [1.54, 1.807) is 6.20 Å². The fourth-order valence-corrected chi connectivity index (χ4v) is 2.37. The van der Waals surface area contributed by atoms with Crippen LogP contribution in [0.5, 0.6) is 0 Å². The number of carboxylic acid groups (broad SMARTS) is 1. The van der Waals surface area contributed by atoms with Gasteiger partial charge in [0.25, 0.3) is 0 Å². The molecule has 0 atom stereocenters. The van der Waals surface area contributed by atoms with Crippen LogP contribution in [-0.4, -0.2) is 20.5 Å². The Balaban J connectivity index is 2.77. The molecular formula is C8H7ClN2O2S. The zero-order valence-electron chi connectivity index (χ0n) is 7.32. The highest BCUT2D eigenvalue weighted by molar-refractivity contribution is 7.20. The van der Waals surface area contributed by atoms with Crippen LogP contribution >= 0.6 is 22.9 Å². The molecule has 0 unspecified atom stereocenters. The number of aromatic carboxylic acids is 1. The SMILES string of the molecule is CCc1nc2sc(Cl)cn2c1C(=O)O. The van der Waals surface area contributed by atoms with Crippen molar-refractivity contribution >= 4 is 33.9 Å². The summed E-state index contributed by atoms with van der Waals surface area (Å²) in [7, 11) is 0. The number of fused-ring (bicyclic) bond motifs is 1. The number of carbonyl (C=O) groups is 1. The molecule has 0 saturated heterocycles. The van der Waals surface area contributed by atoms with Crippen molar-refractivity contribution in [1.29, 1.82) is 0 Å². The van der Waals surface area contributed by atoms with E-state index in [2.05, 4.69) is 4.98 Å². The van der Waals surface area contributed by atoms with E-state index >= 15 is 0 Å². The Morgan fingerprint density at radius 2 is 2.50 bits per heavy atom. The maximum absolute atomic E-state index is 11.0. The van der Waals surface area contributed by atoms with E-state index in [1.165, 1.54) is 15.7 Å². The van der Waals surface area contributed by atoms with Crippen molar-refractivity contribution < 1.29 is 9.90 Å². The average Bonchev–Trinajstić information content (AvgIpc) is 2.58. The summed E-state index contributed by atoms with van der Waals surface area (Å²) in [6.45, 7) is 1.88. The summed E-state index contributed by atoms with van der Waals surface area (Å²) < 4.78 is 2.06. The molecule has 6 heteroatoms. The molecule has 0 radical (unpaired) electrons. The third-order valence-corrected chi connectivity index (χ3v) is 3.01. The Labute approximate surface area is 88.8 Å². The average molecular weight is 231 g/mol. The second-order valence-electron chi connectivity index (χ2n) is 2.75. The Morgan fingerprint density at radius 1 is 1.79 bits per heavy atom. The highest BCUT2D eigenvalue weighted by Crippen LogP contribution is 2.25. The highest BCUT2D eigenvalue weighted by atomic mass is 35.5. The normalized spacial score (nSPS) is 11.0. The Hall–Kier alpha value is -1.07. The molecule has 0 aromatic carbocycles. The topological polar surface area (TPSA) is 54.6 Å². The van der Waals surface area contributed by atoms with Gasteiger partial charge in [0, 0.05) is 6.20 Å². The number of carboxylic acids is 1. The van der Waals surface area contributed by atoms with Crippen LogP contribution in [0.3, 0.4) is 0 Å². The van der Waals surface area contributed by atoms with Crippen LogP contribution in [0, 0.1) is 0 Å². The molecule has 1 N–H and O–H groups in total. The summed E-state index contributed by atoms with van der Waals surface area (Å²) in [5, 5.41) is 8.99. The second-order valence-corrected chi connectivity index (χ2v) is 4.39. The number of aryl methyl sites for hydroxylation is 1.